The topological polar surface area (TPSA) is 20.3 Å². The van der Waals surface area contributed by atoms with E-state index < -0.39 is 0 Å². The normalized spacial score (nSPS) is 42.2. The molecule has 0 saturated heterocycles. The van der Waals surface area contributed by atoms with Crippen molar-refractivity contribution in [3.63, 3.8) is 0 Å². The first-order chi connectivity index (χ1) is 9.37. The number of nitrogens with zero attached hydrogens (tertiary/aromatic N) is 1. The summed E-state index contributed by atoms with van der Waals surface area (Å²) in [5.74, 6) is 2.56. The van der Waals surface area contributed by atoms with Crippen LogP contribution in [0.5, 0.6) is 0 Å². The van der Waals surface area contributed by atoms with Crippen molar-refractivity contribution in [3.8, 4) is 0 Å². The molecule has 1 amide bonds. The lowest BCUT2D eigenvalue weighted by molar-refractivity contribution is -0.167. The number of amides is 1. The van der Waals surface area contributed by atoms with E-state index in [9.17, 15) is 4.79 Å². The Kier molecular flexibility index (Phi) is 3.60. The average Bonchev–Trinajstić information content (AvgIpc) is 2.31. The molecule has 3 heteroatoms. The molecule has 0 radical (unpaired) electrons. The molecule has 0 aliphatic heterocycles. The van der Waals surface area contributed by atoms with Gasteiger partial charge in [0.05, 0.1) is 5.41 Å². The molecule has 2 unspecified atom stereocenters. The molecule has 4 aliphatic carbocycles. The molecule has 4 rings (SSSR count). The number of rotatable bonds is 4. The molecule has 114 valence electrons. The van der Waals surface area contributed by atoms with Crippen LogP contribution in [-0.4, -0.2) is 29.3 Å². The Hall–Kier alpha value is -0.240. The fraction of sp³-hybridized carbons (Fsp3) is 0.941. The molecule has 0 heterocycles. The maximum atomic E-state index is 13.2. The lowest BCUT2D eigenvalue weighted by Gasteiger charge is -2.61. The maximum Gasteiger partial charge on any atom is 0.229 e. The SMILES string of the molecule is CC(C)N(CCCl)C(=O)C12CC3CC(CC(C)(C3)C1)C2. The van der Waals surface area contributed by atoms with Gasteiger partial charge in [0.1, 0.15) is 0 Å². The molecule has 0 aromatic rings. The van der Waals surface area contributed by atoms with Crippen molar-refractivity contribution in [3.05, 3.63) is 0 Å². The number of hydrogen-bond acceptors (Lipinski definition) is 1. The molecule has 4 saturated carbocycles. The molecule has 0 aromatic heterocycles. The molecule has 4 aliphatic rings. The Balaban J connectivity index is 1.86. The first kappa shape index (κ1) is 14.7. The predicted octanol–water partition coefficient (Wildman–Crippen LogP) is 4.07. The average molecular weight is 298 g/mol. The summed E-state index contributed by atoms with van der Waals surface area (Å²) in [6.07, 6.45) is 7.50. The van der Waals surface area contributed by atoms with E-state index in [0.717, 1.165) is 31.1 Å². The molecule has 4 fully saturated rings. The minimum atomic E-state index is -0.0465. The first-order valence-electron chi connectivity index (χ1n) is 8.24. The van der Waals surface area contributed by atoms with Crippen LogP contribution in [0.1, 0.15) is 59.3 Å². The second-order valence-electron chi connectivity index (χ2n) is 8.33. The first-order valence-corrected chi connectivity index (χ1v) is 8.78. The standard InChI is InChI=1S/C17H28ClNO/c1-12(2)19(5-4-18)15(20)17-9-13-6-14(10-17)8-16(3,7-13)11-17/h12-14H,4-11H2,1-3H3. The molecular formula is C17H28ClNO. The molecule has 2 nitrogen and oxygen atoms in total. The van der Waals surface area contributed by atoms with Crippen LogP contribution in [0.4, 0.5) is 0 Å². The van der Waals surface area contributed by atoms with Crippen molar-refractivity contribution in [1.29, 1.82) is 0 Å². The van der Waals surface area contributed by atoms with Crippen LogP contribution in [0.25, 0.3) is 0 Å². The van der Waals surface area contributed by atoms with Gasteiger partial charge in [-0.1, -0.05) is 6.92 Å². The maximum absolute atomic E-state index is 13.2. The van der Waals surface area contributed by atoms with Crippen LogP contribution in [0.15, 0.2) is 0 Å². The molecule has 20 heavy (non-hydrogen) atoms. The van der Waals surface area contributed by atoms with E-state index >= 15 is 0 Å². The second kappa shape index (κ2) is 4.90. The highest BCUT2D eigenvalue weighted by Gasteiger charge is 2.59. The molecule has 0 N–H and O–H groups in total. The zero-order valence-electron chi connectivity index (χ0n) is 13.1. The van der Waals surface area contributed by atoms with Crippen molar-refractivity contribution >= 4 is 17.5 Å². The molecular weight excluding hydrogens is 270 g/mol. The minimum absolute atomic E-state index is 0.0465. The van der Waals surface area contributed by atoms with E-state index in [1.807, 2.05) is 4.90 Å². The van der Waals surface area contributed by atoms with Crippen molar-refractivity contribution in [2.24, 2.45) is 22.7 Å². The summed E-state index contributed by atoms with van der Waals surface area (Å²) in [5.41, 5.74) is 0.387. The molecule has 0 aromatic carbocycles. The lowest BCUT2D eigenvalue weighted by atomic mass is 9.44. The second-order valence-corrected chi connectivity index (χ2v) is 8.71. The predicted molar refractivity (Wildman–Crippen MR) is 82.8 cm³/mol. The Morgan fingerprint density at radius 3 is 2.30 bits per heavy atom. The number of halogens is 1. The van der Waals surface area contributed by atoms with E-state index in [1.54, 1.807) is 0 Å². The third kappa shape index (κ3) is 2.28. The van der Waals surface area contributed by atoms with Gasteiger partial charge >= 0.3 is 0 Å². The summed E-state index contributed by atoms with van der Waals surface area (Å²) in [5, 5.41) is 0. The van der Waals surface area contributed by atoms with Gasteiger partial charge < -0.3 is 4.90 Å². The fourth-order valence-corrected chi connectivity index (χ4v) is 6.14. The molecule has 2 atom stereocenters. The number of carbonyl (C=O) groups is 1. The van der Waals surface area contributed by atoms with Gasteiger partial charge in [0, 0.05) is 18.5 Å². The van der Waals surface area contributed by atoms with Gasteiger partial charge in [-0.05, 0) is 69.6 Å². The quantitative estimate of drug-likeness (QED) is 0.716. The van der Waals surface area contributed by atoms with Crippen LogP contribution in [0.3, 0.4) is 0 Å². The van der Waals surface area contributed by atoms with Gasteiger partial charge in [0.25, 0.3) is 0 Å². The summed E-state index contributed by atoms with van der Waals surface area (Å²) in [6.45, 7) is 7.36. The zero-order valence-corrected chi connectivity index (χ0v) is 13.9. The van der Waals surface area contributed by atoms with Gasteiger partial charge in [-0.15, -0.1) is 11.6 Å². The third-order valence-electron chi connectivity index (χ3n) is 6.02. The smallest absolute Gasteiger partial charge is 0.229 e. The Bertz CT molecular complexity index is 392. The van der Waals surface area contributed by atoms with Gasteiger partial charge in [-0.2, -0.15) is 0 Å². The monoisotopic (exact) mass is 297 g/mol. The van der Waals surface area contributed by atoms with Crippen molar-refractivity contribution in [2.75, 3.05) is 12.4 Å². The summed E-state index contributed by atoms with van der Waals surface area (Å²) in [7, 11) is 0. The summed E-state index contributed by atoms with van der Waals surface area (Å²) in [6, 6.07) is 0.266. The minimum Gasteiger partial charge on any atom is -0.339 e. The van der Waals surface area contributed by atoms with Crippen LogP contribution in [0.2, 0.25) is 0 Å². The highest BCUT2D eigenvalue weighted by molar-refractivity contribution is 6.18. The van der Waals surface area contributed by atoms with Crippen molar-refractivity contribution in [2.45, 2.75) is 65.3 Å². The Morgan fingerprint density at radius 2 is 1.85 bits per heavy atom. The number of carbonyl (C=O) groups excluding carboxylic acids is 1. The van der Waals surface area contributed by atoms with Crippen molar-refractivity contribution < 1.29 is 4.79 Å². The van der Waals surface area contributed by atoms with Gasteiger partial charge in [0.2, 0.25) is 5.91 Å². The summed E-state index contributed by atoms with van der Waals surface area (Å²) >= 11 is 5.93. The summed E-state index contributed by atoms with van der Waals surface area (Å²) < 4.78 is 0. The summed E-state index contributed by atoms with van der Waals surface area (Å²) in [4.78, 5) is 15.3. The number of alkyl halides is 1. The van der Waals surface area contributed by atoms with Crippen molar-refractivity contribution in [1.82, 2.24) is 4.90 Å². The number of hydrogen-bond donors (Lipinski definition) is 0. The fourth-order valence-electron chi connectivity index (χ4n) is 5.96. The van der Waals surface area contributed by atoms with E-state index in [-0.39, 0.29) is 11.5 Å². The van der Waals surface area contributed by atoms with E-state index in [2.05, 4.69) is 20.8 Å². The van der Waals surface area contributed by atoms with E-state index in [0.29, 0.717) is 23.7 Å². The molecule has 0 spiro atoms. The Labute approximate surface area is 128 Å². The van der Waals surface area contributed by atoms with E-state index in [1.165, 1.54) is 19.3 Å². The van der Waals surface area contributed by atoms with E-state index in [4.69, 9.17) is 11.6 Å². The largest absolute Gasteiger partial charge is 0.339 e. The Morgan fingerprint density at radius 1 is 1.25 bits per heavy atom. The van der Waals surface area contributed by atoms with Crippen LogP contribution >= 0.6 is 11.6 Å². The van der Waals surface area contributed by atoms with Crippen LogP contribution in [-0.2, 0) is 4.79 Å². The van der Waals surface area contributed by atoms with Gasteiger partial charge in [0.15, 0.2) is 0 Å². The lowest BCUT2D eigenvalue weighted by Crippen LogP contribution is -2.58. The van der Waals surface area contributed by atoms with Gasteiger partial charge in [-0.25, -0.2) is 0 Å². The highest BCUT2D eigenvalue weighted by Crippen LogP contribution is 2.65. The molecule has 4 bridgehead atoms. The van der Waals surface area contributed by atoms with Gasteiger partial charge in [-0.3, -0.25) is 4.79 Å². The highest BCUT2D eigenvalue weighted by atomic mass is 35.5. The third-order valence-corrected chi connectivity index (χ3v) is 6.19. The van der Waals surface area contributed by atoms with Crippen LogP contribution < -0.4 is 0 Å². The van der Waals surface area contributed by atoms with Crippen LogP contribution in [0, 0.1) is 22.7 Å². The zero-order chi connectivity index (χ0) is 14.5.